The van der Waals surface area contributed by atoms with Gasteiger partial charge in [-0.3, -0.25) is 4.98 Å². The standard InChI is InChI=1S/C13H11N3O/c1-16-12-5-6-14-8-11(12)15-13(16)9-3-2-4-10(17)7-9/h2-8,17H,1H3. The smallest absolute Gasteiger partial charge is 0.141 e. The lowest BCUT2D eigenvalue weighted by Gasteiger charge is -2.02. The molecule has 3 rings (SSSR count). The summed E-state index contributed by atoms with van der Waals surface area (Å²) >= 11 is 0. The maximum absolute atomic E-state index is 9.49. The number of aromatic nitrogens is 3. The molecule has 0 aliphatic heterocycles. The van der Waals surface area contributed by atoms with Crippen molar-refractivity contribution in [3.8, 4) is 17.1 Å². The molecule has 17 heavy (non-hydrogen) atoms. The molecule has 84 valence electrons. The molecule has 0 bridgehead atoms. The zero-order valence-electron chi connectivity index (χ0n) is 9.33. The summed E-state index contributed by atoms with van der Waals surface area (Å²) in [6.07, 6.45) is 3.48. The maximum Gasteiger partial charge on any atom is 0.141 e. The molecular formula is C13H11N3O. The number of aryl methyl sites for hydroxylation is 1. The topological polar surface area (TPSA) is 50.9 Å². The van der Waals surface area contributed by atoms with E-state index in [0.29, 0.717) is 0 Å². The SMILES string of the molecule is Cn1c(-c2cccc(O)c2)nc2cnccc21. The molecule has 2 heterocycles. The Kier molecular flexibility index (Phi) is 2.08. The highest BCUT2D eigenvalue weighted by Gasteiger charge is 2.09. The molecule has 0 atom stereocenters. The van der Waals surface area contributed by atoms with E-state index in [1.54, 1.807) is 24.5 Å². The molecule has 0 radical (unpaired) electrons. The third-order valence-electron chi connectivity index (χ3n) is 2.79. The molecule has 0 fully saturated rings. The van der Waals surface area contributed by atoms with Gasteiger partial charge in [0, 0.05) is 18.8 Å². The molecule has 0 saturated carbocycles. The summed E-state index contributed by atoms with van der Waals surface area (Å²) in [6, 6.07) is 9.01. The molecule has 0 unspecified atom stereocenters. The molecule has 3 aromatic rings. The second kappa shape index (κ2) is 3.59. The van der Waals surface area contributed by atoms with E-state index in [1.807, 2.05) is 29.8 Å². The van der Waals surface area contributed by atoms with E-state index < -0.39 is 0 Å². The number of rotatable bonds is 1. The van der Waals surface area contributed by atoms with Gasteiger partial charge in [-0.1, -0.05) is 12.1 Å². The average Bonchev–Trinajstić information content (AvgIpc) is 2.68. The summed E-state index contributed by atoms with van der Waals surface area (Å²) in [5.74, 6) is 1.07. The quantitative estimate of drug-likeness (QED) is 0.691. The predicted octanol–water partition coefficient (Wildman–Crippen LogP) is 2.34. The molecule has 0 aliphatic carbocycles. The molecule has 0 spiro atoms. The van der Waals surface area contributed by atoms with Gasteiger partial charge < -0.3 is 9.67 Å². The lowest BCUT2D eigenvalue weighted by atomic mass is 10.2. The van der Waals surface area contributed by atoms with E-state index in [-0.39, 0.29) is 5.75 Å². The first kappa shape index (κ1) is 9.84. The molecule has 2 aromatic heterocycles. The van der Waals surface area contributed by atoms with E-state index in [0.717, 1.165) is 22.4 Å². The van der Waals surface area contributed by atoms with Crippen molar-refractivity contribution in [2.24, 2.45) is 7.05 Å². The van der Waals surface area contributed by atoms with E-state index >= 15 is 0 Å². The molecule has 4 heteroatoms. The fourth-order valence-electron chi connectivity index (χ4n) is 1.95. The van der Waals surface area contributed by atoms with Gasteiger partial charge in [0.15, 0.2) is 0 Å². The summed E-state index contributed by atoms with van der Waals surface area (Å²) in [5.41, 5.74) is 2.77. The molecule has 4 nitrogen and oxygen atoms in total. The number of imidazole rings is 1. The summed E-state index contributed by atoms with van der Waals surface area (Å²) < 4.78 is 1.99. The number of fused-ring (bicyclic) bond motifs is 1. The van der Waals surface area contributed by atoms with Crippen molar-refractivity contribution in [2.75, 3.05) is 0 Å². The van der Waals surface area contributed by atoms with Gasteiger partial charge >= 0.3 is 0 Å². The Morgan fingerprint density at radius 2 is 2.12 bits per heavy atom. The second-order valence-corrected chi connectivity index (χ2v) is 3.91. The Morgan fingerprint density at radius 3 is 2.88 bits per heavy atom. The molecule has 0 amide bonds. The van der Waals surface area contributed by atoms with Gasteiger partial charge in [-0.15, -0.1) is 0 Å². The molecule has 0 saturated heterocycles. The van der Waals surface area contributed by atoms with Crippen LogP contribution in [-0.2, 0) is 7.05 Å². The van der Waals surface area contributed by atoms with Crippen molar-refractivity contribution in [2.45, 2.75) is 0 Å². The normalized spacial score (nSPS) is 10.9. The van der Waals surface area contributed by atoms with Crippen LogP contribution in [0.5, 0.6) is 5.75 Å². The Labute approximate surface area is 98.2 Å². The van der Waals surface area contributed by atoms with Crippen LogP contribution in [0.2, 0.25) is 0 Å². The van der Waals surface area contributed by atoms with E-state index in [9.17, 15) is 5.11 Å². The van der Waals surface area contributed by atoms with Crippen LogP contribution in [-0.4, -0.2) is 19.6 Å². The van der Waals surface area contributed by atoms with Crippen LogP contribution >= 0.6 is 0 Å². The van der Waals surface area contributed by atoms with E-state index in [4.69, 9.17) is 0 Å². The largest absolute Gasteiger partial charge is 0.508 e. The van der Waals surface area contributed by atoms with Crippen LogP contribution in [0.3, 0.4) is 0 Å². The molecular weight excluding hydrogens is 214 g/mol. The molecule has 1 aromatic carbocycles. The minimum atomic E-state index is 0.243. The summed E-state index contributed by atoms with van der Waals surface area (Å²) in [7, 11) is 1.95. The number of phenolic OH excluding ortho intramolecular Hbond substituents is 1. The van der Waals surface area contributed by atoms with Gasteiger partial charge in [0.05, 0.1) is 11.7 Å². The van der Waals surface area contributed by atoms with Crippen molar-refractivity contribution in [3.05, 3.63) is 42.7 Å². The summed E-state index contributed by atoms with van der Waals surface area (Å²) in [5, 5.41) is 9.49. The van der Waals surface area contributed by atoms with Crippen LogP contribution in [0.1, 0.15) is 0 Å². The number of pyridine rings is 1. The Bertz CT molecular complexity index is 688. The lowest BCUT2D eigenvalue weighted by Crippen LogP contribution is -1.91. The highest BCUT2D eigenvalue weighted by Crippen LogP contribution is 2.25. The van der Waals surface area contributed by atoms with Crippen LogP contribution in [0.15, 0.2) is 42.7 Å². The maximum atomic E-state index is 9.49. The van der Waals surface area contributed by atoms with Gasteiger partial charge in [0.1, 0.15) is 17.1 Å². The zero-order valence-corrected chi connectivity index (χ0v) is 9.33. The van der Waals surface area contributed by atoms with Crippen LogP contribution in [0, 0.1) is 0 Å². The first-order valence-corrected chi connectivity index (χ1v) is 5.31. The Hall–Kier alpha value is -2.36. The van der Waals surface area contributed by atoms with Crippen LogP contribution < -0.4 is 0 Å². The van der Waals surface area contributed by atoms with Crippen LogP contribution in [0.25, 0.3) is 22.4 Å². The number of benzene rings is 1. The van der Waals surface area contributed by atoms with E-state index in [1.165, 1.54) is 0 Å². The summed E-state index contributed by atoms with van der Waals surface area (Å²) in [6.45, 7) is 0. The number of phenols is 1. The van der Waals surface area contributed by atoms with Gasteiger partial charge in [0.25, 0.3) is 0 Å². The predicted molar refractivity (Wildman–Crippen MR) is 65.6 cm³/mol. The monoisotopic (exact) mass is 225 g/mol. The van der Waals surface area contributed by atoms with Crippen molar-refractivity contribution >= 4 is 11.0 Å². The number of hydrogen-bond acceptors (Lipinski definition) is 3. The second-order valence-electron chi connectivity index (χ2n) is 3.91. The third-order valence-corrected chi connectivity index (χ3v) is 2.79. The third kappa shape index (κ3) is 1.54. The van der Waals surface area contributed by atoms with Crippen molar-refractivity contribution in [1.29, 1.82) is 0 Å². The highest BCUT2D eigenvalue weighted by molar-refractivity contribution is 5.79. The van der Waals surface area contributed by atoms with Crippen molar-refractivity contribution < 1.29 is 5.11 Å². The van der Waals surface area contributed by atoms with Crippen molar-refractivity contribution in [1.82, 2.24) is 14.5 Å². The van der Waals surface area contributed by atoms with Gasteiger partial charge in [-0.05, 0) is 18.2 Å². The van der Waals surface area contributed by atoms with Gasteiger partial charge in [-0.25, -0.2) is 4.98 Å². The lowest BCUT2D eigenvalue weighted by molar-refractivity contribution is 0.475. The fraction of sp³-hybridized carbons (Fsp3) is 0.0769. The number of hydrogen-bond donors (Lipinski definition) is 1. The Morgan fingerprint density at radius 1 is 1.24 bits per heavy atom. The zero-order chi connectivity index (χ0) is 11.8. The first-order valence-electron chi connectivity index (χ1n) is 5.31. The highest BCUT2D eigenvalue weighted by atomic mass is 16.3. The van der Waals surface area contributed by atoms with Crippen molar-refractivity contribution in [3.63, 3.8) is 0 Å². The minimum absolute atomic E-state index is 0.243. The Balaban J connectivity index is 2.27. The molecule has 0 aliphatic rings. The fourth-order valence-corrected chi connectivity index (χ4v) is 1.95. The van der Waals surface area contributed by atoms with Gasteiger partial charge in [0.2, 0.25) is 0 Å². The average molecular weight is 225 g/mol. The van der Waals surface area contributed by atoms with Crippen LogP contribution in [0.4, 0.5) is 0 Å². The summed E-state index contributed by atoms with van der Waals surface area (Å²) in [4.78, 5) is 8.57. The first-order chi connectivity index (χ1) is 8.25. The van der Waals surface area contributed by atoms with E-state index in [2.05, 4.69) is 9.97 Å². The molecule has 1 N–H and O–H groups in total. The minimum Gasteiger partial charge on any atom is -0.508 e. The number of nitrogens with zero attached hydrogens (tertiary/aromatic N) is 3. The number of aromatic hydroxyl groups is 1. The van der Waals surface area contributed by atoms with Gasteiger partial charge in [-0.2, -0.15) is 0 Å².